The first-order chi connectivity index (χ1) is 7.70. The van der Waals surface area contributed by atoms with Crippen molar-refractivity contribution in [1.29, 1.82) is 0 Å². The van der Waals surface area contributed by atoms with Crippen molar-refractivity contribution in [2.75, 3.05) is 19.6 Å². The van der Waals surface area contributed by atoms with Crippen LogP contribution in [0, 0.1) is 19.8 Å². The van der Waals surface area contributed by atoms with Crippen molar-refractivity contribution in [2.24, 2.45) is 11.7 Å². The third-order valence-electron chi connectivity index (χ3n) is 3.50. The van der Waals surface area contributed by atoms with Crippen LogP contribution >= 0.6 is 0 Å². The average molecular weight is 223 g/mol. The minimum absolute atomic E-state index is 0.661. The van der Waals surface area contributed by atoms with Gasteiger partial charge in [0.05, 0.1) is 5.69 Å². The summed E-state index contributed by atoms with van der Waals surface area (Å²) < 4.78 is 5.19. The van der Waals surface area contributed by atoms with Crippen molar-refractivity contribution in [3.05, 3.63) is 17.0 Å². The van der Waals surface area contributed by atoms with Gasteiger partial charge in [-0.2, -0.15) is 0 Å². The molecule has 1 fully saturated rings. The van der Waals surface area contributed by atoms with Gasteiger partial charge in [0.15, 0.2) is 0 Å². The van der Waals surface area contributed by atoms with Crippen molar-refractivity contribution in [3.63, 3.8) is 0 Å². The zero-order valence-electron chi connectivity index (χ0n) is 10.2. The number of aromatic nitrogens is 1. The summed E-state index contributed by atoms with van der Waals surface area (Å²) in [5.74, 6) is 1.61. The molecule has 16 heavy (non-hydrogen) atoms. The molecule has 4 heteroatoms. The van der Waals surface area contributed by atoms with Crippen LogP contribution in [-0.4, -0.2) is 29.7 Å². The molecule has 90 valence electrons. The molecule has 1 aromatic rings. The summed E-state index contributed by atoms with van der Waals surface area (Å²) in [6.45, 7) is 8.03. The summed E-state index contributed by atoms with van der Waals surface area (Å²) >= 11 is 0. The predicted molar refractivity (Wildman–Crippen MR) is 63.0 cm³/mol. The molecule has 0 aliphatic carbocycles. The van der Waals surface area contributed by atoms with Crippen LogP contribution < -0.4 is 5.73 Å². The fourth-order valence-corrected chi connectivity index (χ4v) is 2.44. The van der Waals surface area contributed by atoms with Gasteiger partial charge >= 0.3 is 0 Å². The highest BCUT2D eigenvalue weighted by Gasteiger charge is 2.21. The van der Waals surface area contributed by atoms with Crippen molar-refractivity contribution >= 4 is 0 Å². The highest BCUT2D eigenvalue weighted by molar-refractivity contribution is 5.20. The Balaban J connectivity index is 1.99. The van der Waals surface area contributed by atoms with E-state index in [9.17, 15) is 0 Å². The number of rotatable bonds is 3. The number of nitrogens with two attached hydrogens (primary N) is 1. The molecule has 0 spiro atoms. The Labute approximate surface area is 96.8 Å². The van der Waals surface area contributed by atoms with Crippen LogP contribution in [0.2, 0.25) is 0 Å². The van der Waals surface area contributed by atoms with Crippen LogP contribution in [0.15, 0.2) is 4.52 Å². The lowest BCUT2D eigenvalue weighted by Gasteiger charge is -2.31. The molecule has 0 amide bonds. The lowest BCUT2D eigenvalue weighted by atomic mass is 9.98. The van der Waals surface area contributed by atoms with Crippen LogP contribution in [0.4, 0.5) is 0 Å². The molecule has 0 aromatic carbocycles. The van der Waals surface area contributed by atoms with Crippen molar-refractivity contribution in [3.8, 4) is 0 Å². The Morgan fingerprint density at radius 1 is 1.50 bits per heavy atom. The van der Waals surface area contributed by atoms with E-state index in [-0.39, 0.29) is 0 Å². The van der Waals surface area contributed by atoms with Crippen LogP contribution in [0.1, 0.15) is 29.9 Å². The van der Waals surface area contributed by atoms with Crippen molar-refractivity contribution < 1.29 is 4.52 Å². The fourth-order valence-electron chi connectivity index (χ4n) is 2.44. The number of nitrogens with zero attached hydrogens (tertiary/aromatic N) is 2. The molecule has 1 saturated heterocycles. The summed E-state index contributed by atoms with van der Waals surface area (Å²) in [4.78, 5) is 2.47. The first-order valence-electron chi connectivity index (χ1n) is 6.05. The number of hydrogen-bond acceptors (Lipinski definition) is 4. The molecule has 1 unspecified atom stereocenters. The Morgan fingerprint density at radius 2 is 2.31 bits per heavy atom. The maximum Gasteiger partial charge on any atom is 0.138 e. The van der Waals surface area contributed by atoms with Gasteiger partial charge in [0, 0.05) is 18.7 Å². The number of piperidine rings is 1. The third kappa shape index (κ3) is 2.44. The number of likely N-dealkylation sites (tertiary alicyclic amines) is 1. The van der Waals surface area contributed by atoms with E-state index in [1.54, 1.807) is 0 Å². The molecule has 1 aliphatic rings. The van der Waals surface area contributed by atoms with Crippen molar-refractivity contribution in [1.82, 2.24) is 10.1 Å². The Bertz CT molecular complexity index is 329. The molecule has 2 heterocycles. The molecule has 0 saturated carbocycles. The fraction of sp³-hybridized carbons (Fsp3) is 0.750. The quantitative estimate of drug-likeness (QED) is 0.843. The van der Waals surface area contributed by atoms with E-state index in [4.69, 9.17) is 10.3 Å². The smallest absolute Gasteiger partial charge is 0.138 e. The van der Waals surface area contributed by atoms with Gasteiger partial charge in [-0.15, -0.1) is 0 Å². The molecule has 4 nitrogen and oxygen atoms in total. The summed E-state index contributed by atoms with van der Waals surface area (Å²) in [6.07, 6.45) is 2.53. The van der Waals surface area contributed by atoms with Gasteiger partial charge in [-0.25, -0.2) is 0 Å². The summed E-state index contributed by atoms with van der Waals surface area (Å²) in [5, 5.41) is 3.99. The average Bonchev–Trinajstić information content (AvgIpc) is 2.61. The van der Waals surface area contributed by atoms with Gasteiger partial charge in [-0.1, -0.05) is 5.16 Å². The van der Waals surface area contributed by atoms with Gasteiger partial charge < -0.3 is 10.3 Å². The molecular weight excluding hydrogens is 202 g/mol. The second kappa shape index (κ2) is 4.97. The summed E-state index contributed by atoms with van der Waals surface area (Å²) in [7, 11) is 0. The number of aryl methyl sites for hydroxylation is 2. The van der Waals surface area contributed by atoms with Crippen LogP contribution in [0.5, 0.6) is 0 Å². The zero-order valence-corrected chi connectivity index (χ0v) is 10.2. The zero-order chi connectivity index (χ0) is 11.5. The van der Waals surface area contributed by atoms with E-state index in [1.807, 2.05) is 13.8 Å². The van der Waals surface area contributed by atoms with Crippen LogP contribution in [0.3, 0.4) is 0 Å². The molecular formula is C12H21N3O. The normalized spacial score (nSPS) is 22.6. The first kappa shape index (κ1) is 11.6. The Morgan fingerprint density at radius 3 is 2.94 bits per heavy atom. The number of hydrogen-bond donors (Lipinski definition) is 1. The Kier molecular flexibility index (Phi) is 3.61. The van der Waals surface area contributed by atoms with Gasteiger partial charge in [0.2, 0.25) is 0 Å². The van der Waals surface area contributed by atoms with Crippen LogP contribution in [0.25, 0.3) is 0 Å². The van der Waals surface area contributed by atoms with E-state index in [2.05, 4.69) is 10.1 Å². The lowest BCUT2D eigenvalue weighted by molar-refractivity contribution is 0.170. The van der Waals surface area contributed by atoms with Gasteiger partial charge in [0.1, 0.15) is 5.76 Å². The maximum absolute atomic E-state index is 5.74. The van der Waals surface area contributed by atoms with Gasteiger partial charge in [-0.05, 0) is 45.7 Å². The highest BCUT2D eigenvalue weighted by atomic mass is 16.5. The van der Waals surface area contributed by atoms with E-state index in [0.717, 1.165) is 31.1 Å². The van der Waals surface area contributed by atoms with E-state index in [1.165, 1.54) is 24.9 Å². The summed E-state index contributed by atoms with van der Waals surface area (Å²) in [6, 6.07) is 0. The predicted octanol–water partition coefficient (Wildman–Crippen LogP) is 1.46. The molecule has 0 bridgehead atoms. The topological polar surface area (TPSA) is 55.3 Å². The second-order valence-electron chi connectivity index (χ2n) is 4.78. The minimum Gasteiger partial charge on any atom is -0.361 e. The van der Waals surface area contributed by atoms with E-state index >= 15 is 0 Å². The van der Waals surface area contributed by atoms with Crippen LogP contribution in [-0.2, 0) is 6.54 Å². The molecule has 1 atom stereocenters. The monoisotopic (exact) mass is 223 g/mol. The lowest BCUT2D eigenvalue weighted by Crippen LogP contribution is -2.38. The molecule has 1 aromatic heterocycles. The molecule has 2 N–H and O–H groups in total. The molecule has 1 aliphatic heterocycles. The molecule has 0 radical (unpaired) electrons. The third-order valence-corrected chi connectivity index (χ3v) is 3.50. The molecule has 2 rings (SSSR count). The Hall–Kier alpha value is -0.870. The second-order valence-corrected chi connectivity index (χ2v) is 4.78. The minimum atomic E-state index is 0.661. The van der Waals surface area contributed by atoms with E-state index < -0.39 is 0 Å². The van der Waals surface area contributed by atoms with Gasteiger partial charge in [-0.3, -0.25) is 4.90 Å². The van der Waals surface area contributed by atoms with E-state index in [0.29, 0.717) is 5.92 Å². The first-order valence-corrected chi connectivity index (χ1v) is 6.05. The van der Waals surface area contributed by atoms with Gasteiger partial charge in [0.25, 0.3) is 0 Å². The summed E-state index contributed by atoms with van der Waals surface area (Å²) in [5.41, 5.74) is 8.01. The standard InChI is InChI=1S/C12H21N3O/c1-9-12(10(2)16-14-9)8-15-5-3-4-11(6-13)7-15/h11H,3-8,13H2,1-2H3. The largest absolute Gasteiger partial charge is 0.361 e. The van der Waals surface area contributed by atoms with Crippen molar-refractivity contribution in [2.45, 2.75) is 33.2 Å². The SMILES string of the molecule is Cc1noc(C)c1CN1CCCC(CN)C1. The maximum atomic E-state index is 5.74. The highest BCUT2D eigenvalue weighted by Crippen LogP contribution is 2.20.